The average Bonchev–Trinajstić information content (AvgIpc) is 1.88. The molecular weight excluding hydrogens is 333 g/mol. The third-order valence-corrected chi connectivity index (χ3v) is 3.63. The molecule has 54 valence electrons. The van der Waals surface area contributed by atoms with Gasteiger partial charge in [-0.05, 0) is 0 Å². The minimum atomic E-state index is -1.06. The van der Waals surface area contributed by atoms with E-state index in [4.69, 9.17) is 0 Å². The Morgan fingerprint density at radius 3 is 2.27 bits per heavy atom. The molecule has 4 heteroatoms. The van der Waals surface area contributed by atoms with Crippen molar-refractivity contribution < 1.29 is 41.5 Å². The van der Waals surface area contributed by atoms with E-state index in [2.05, 4.69) is 0 Å². The molecule has 0 atom stereocenters. The summed E-state index contributed by atoms with van der Waals surface area (Å²) in [5, 5.41) is 10.3. The van der Waals surface area contributed by atoms with E-state index >= 15 is 0 Å². The second-order valence-electron chi connectivity index (χ2n) is 1.94. The van der Waals surface area contributed by atoms with E-state index in [1.165, 1.54) is 0 Å². The maximum atomic E-state index is 10.3. The summed E-state index contributed by atoms with van der Waals surface area (Å²) in [5.74, 6) is -1.06. The third kappa shape index (κ3) is 2.59. The molecule has 0 spiro atoms. The Hall–Kier alpha value is -0.415. The second kappa shape index (κ2) is 4.46. The van der Waals surface area contributed by atoms with Crippen LogP contribution in [-0.2, 0) is 26.1 Å². The number of aromatic carboxylic acids is 1. The standard InChI is InChI=1S/C7H5O2.Hg.H2O/c8-7(9)6-4-2-1-3-5-6;;/h1-4H,(H,8,9);;1H2/q;+1;/p-1. The summed E-state index contributed by atoms with van der Waals surface area (Å²) < 4.78 is 0.933. The van der Waals surface area contributed by atoms with E-state index in [0.29, 0.717) is 31.7 Å². The summed E-state index contributed by atoms with van der Waals surface area (Å²) in [6, 6.07) is 6.96. The molecule has 0 amide bonds. The van der Waals surface area contributed by atoms with Gasteiger partial charge >= 0.3 is 74.9 Å². The normalized spacial score (nSPS) is 8.55. The van der Waals surface area contributed by atoms with Crippen LogP contribution < -0.4 is 8.18 Å². The summed E-state index contributed by atoms with van der Waals surface area (Å²) in [4.78, 5) is 10.3. The molecule has 1 aromatic rings. The zero-order valence-corrected chi connectivity index (χ0v) is 11.3. The van der Waals surface area contributed by atoms with Gasteiger partial charge in [0, 0.05) is 0 Å². The zero-order valence-electron chi connectivity index (χ0n) is 5.83. The molecule has 0 radical (unpaired) electrons. The van der Waals surface area contributed by atoms with Crippen LogP contribution >= 0.6 is 0 Å². The minimum absolute atomic E-state index is 0. The Bertz CT molecular complexity index is 260. The Kier molecular flexibility index (Phi) is 4.29. The first-order valence-electron chi connectivity index (χ1n) is 2.84. The molecule has 0 aliphatic rings. The van der Waals surface area contributed by atoms with E-state index in [1.54, 1.807) is 12.1 Å². The van der Waals surface area contributed by atoms with Crippen molar-refractivity contribution in [3.05, 3.63) is 29.8 Å². The fraction of sp³-hybridized carbons (Fsp3) is 0. The van der Waals surface area contributed by atoms with Gasteiger partial charge in [-0.3, -0.25) is 0 Å². The van der Waals surface area contributed by atoms with Gasteiger partial charge < -0.3 is 5.48 Å². The van der Waals surface area contributed by atoms with Crippen LogP contribution in [0.25, 0.3) is 0 Å². The molecule has 2 N–H and O–H groups in total. The topological polar surface area (TPSA) is 71.6 Å². The van der Waals surface area contributed by atoms with Crippen molar-refractivity contribution in [2.75, 3.05) is 0 Å². The molecule has 0 saturated heterocycles. The van der Waals surface area contributed by atoms with Crippen LogP contribution in [0.5, 0.6) is 0 Å². The molecule has 0 saturated carbocycles. The maximum absolute atomic E-state index is 10.3. The number of carbonyl (C=O) groups excluding carboxylic acids is 1. The fourth-order valence-electron chi connectivity index (χ4n) is 0.719. The number of hydrogen-bond donors (Lipinski definition) is 0. The second-order valence-corrected chi connectivity index (χ2v) is 4.91. The first-order valence-corrected chi connectivity index (χ1v) is 5.59. The van der Waals surface area contributed by atoms with Crippen LogP contribution in [0.3, 0.4) is 0 Å². The SMILES string of the molecule is O.O=C([O-])c1cccc[c]1[Hg+]. The molecule has 0 aliphatic heterocycles. The predicted octanol–water partition coefficient (Wildman–Crippen LogP) is -1.60. The number of rotatable bonds is 1. The summed E-state index contributed by atoms with van der Waals surface area (Å²) >= 11 is 0.357. The summed E-state index contributed by atoms with van der Waals surface area (Å²) in [7, 11) is 0. The van der Waals surface area contributed by atoms with Crippen molar-refractivity contribution in [1.29, 1.82) is 0 Å². The van der Waals surface area contributed by atoms with Gasteiger partial charge in [0.05, 0.1) is 0 Å². The molecular formula is C7H6HgO3. The first-order chi connectivity index (χ1) is 4.72. The van der Waals surface area contributed by atoms with Crippen LogP contribution in [-0.4, -0.2) is 11.4 Å². The van der Waals surface area contributed by atoms with E-state index in [9.17, 15) is 9.90 Å². The van der Waals surface area contributed by atoms with E-state index in [-0.39, 0.29) is 5.48 Å². The van der Waals surface area contributed by atoms with Gasteiger partial charge in [0.1, 0.15) is 0 Å². The Balaban J connectivity index is 0.000001000. The molecule has 0 fully saturated rings. The van der Waals surface area contributed by atoms with Crippen molar-refractivity contribution in [3.8, 4) is 0 Å². The molecule has 11 heavy (non-hydrogen) atoms. The molecule has 0 bridgehead atoms. The molecule has 0 aromatic heterocycles. The van der Waals surface area contributed by atoms with Crippen molar-refractivity contribution in [1.82, 2.24) is 0 Å². The fourth-order valence-corrected chi connectivity index (χ4v) is 2.27. The van der Waals surface area contributed by atoms with Gasteiger partial charge in [-0.2, -0.15) is 0 Å². The van der Waals surface area contributed by atoms with Crippen LogP contribution in [0.2, 0.25) is 0 Å². The molecule has 1 aromatic carbocycles. The molecule has 3 nitrogen and oxygen atoms in total. The first kappa shape index (κ1) is 10.6. The van der Waals surface area contributed by atoms with Crippen molar-refractivity contribution in [2.45, 2.75) is 0 Å². The predicted molar refractivity (Wildman–Crippen MR) is 34.0 cm³/mol. The third-order valence-electron chi connectivity index (χ3n) is 1.24. The van der Waals surface area contributed by atoms with E-state index in [0.717, 1.165) is 3.07 Å². The Morgan fingerprint density at radius 1 is 1.36 bits per heavy atom. The summed E-state index contributed by atoms with van der Waals surface area (Å²) in [6.07, 6.45) is 0. The molecule has 0 aliphatic carbocycles. The van der Waals surface area contributed by atoms with E-state index < -0.39 is 5.97 Å². The molecule has 0 heterocycles. The van der Waals surface area contributed by atoms with Gasteiger partial charge in [-0.1, -0.05) is 0 Å². The van der Waals surface area contributed by atoms with Gasteiger partial charge in [0.25, 0.3) is 0 Å². The summed E-state index contributed by atoms with van der Waals surface area (Å²) in [6.45, 7) is 0. The number of carbonyl (C=O) groups is 1. The molecule has 0 unspecified atom stereocenters. The van der Waals surface area contributed by atoms with Crippen LogP contribution in [0.1, 0.15) is 10.4 Å². The Labute approximate surface area is 80.3 Å². The van der Waals surface area contributed by atoms with Gasteiger partial charge in [-0.15, -0.1) is 0 Å². The number of benzene rings is 1. The average molecular weight is 339 g/mol. The van der Waals surface area contributed by atoms with E-state index in [1.807, 2.05) is 12.1 Å². The van der Waals surface area contributed by atoms with Crippen LogP contribution in [0.4, 0.5) is 0 Å². The number of carboxylic acid groups (broad SMARTS) is 1. The molecule has 1 rings (SSSR count). The van der Waals surface area contributed by atoms with Crippen molar-refractivity contribution in [3.63, 3.8) is 0 Å². The Morgan fingerprint density at radius 2 is 1.91 bits per heavy atom. The quantitative estimate of drug-likeness (QED) is 0.579. The number of hydrogen-bond acceptors (Lipinski definition) is 2. The van der Waals surface area contributed by atoms with Gasteiger partial charge in [-0.25, -0.2) is 0 Å². The monoisotopic (exact) mass is 340 g/mol. The number of carboxylic acids is 1. The zero-order chi connectivity index (χ0) is 7.56. The van der Waals surface area contributed by atoms with Crippen molar-refractivity contribution in [2.24, 2.45) is 0 Å². The van der Waals surface area contributed by atoms with Crippen LogP contribution in [0.15, 0.2) is 24.3 Å². The van der Waals surface area contributed by atoms with Gasteiger partial charge in [0.15, 0.2) is 0 Å². The van der Waals surface area contributed by atoms with Crippen LogP contribution in [0, 0.1) is 0 Å². The van der Waals surface area contributed by atoms with Crippen molar-refractivity contribution >= 4 is 9.04 Å². The van der Waals surface area contributed by atoms with Gasteiger partial charge in [0.2, 0.25) is 0 Å². The summed E-state index contributed by atoms with van der Waals surface area (Å²) in [5.41, 5.74) is 0.353.